The van der Waals surface area contributed by atoms with Crippen LogP contribution in [0.5, 0.6) is 0 Å². The molecule has 0 bridgehead atoms. The van der Waals surface area contributed by atoms with Gasteiger partial charge in [-0.25, -0.2) is 4.39 Å². The van der Waals surface area contributed by atoms with E-state index in [-0.39, 0.29) is 17.2 Å². The summed E-state index contributed by atoms with van der Waals surface area (Å²) in [6.45, 7) is 0. The van der Waals surface area contributed by atoms with Crippen LogP contribution in [-0.2, 0) is 4.79 Å². The zero-order chi connectivity index (χ0) is 19.2. The van der Waals surface area contributed by atoms with Crippen LogP contribution in [0.1, 0.15) is 10.4 Å². The quantitative estimate of drug-likeness (QED) is 0.523. The van der Waals surface area contributed by atoms with Crippen molar-refractivity contribution in [3.8, 4) is 0 Å². The Bertz CT molecular complexity index is 979. The predicted molar refractivity (Wildman–Crippen MR) is 104 cm³/mol. The number of rotatable bonds is 7. The van der Waals surface area contributed by atoms with E-state index in [1.165, 1.54) is 35.2 Å². The summed E-state index contributed by atoms with van der Waals surface area (Å²) in [6.07, 6.45) is 0. The van der Waals surface area contributed by atoms with Crippen LogP contribution in [-0.4, -0.2) is 27.8 Å². The molecular weight excluding hydrogens is 389 g/mol. The van der Waals surface area contributed by atoms with Crippen molar-refractivity contribution in [3.63, 3.8) is 0 Å². The summed E-state index contributed by atoms with van der Waals surface area (Å²) >= 11 is 2.38. The first-order valence-corrected chi connectivity index (χ1v) is 9.49. The summed E-state index contributed by atoms with van der Waals surface area (Å²) in [5, 5.41) is 13.8. The molecule has 0 spiro atoms. The number of hydrogen-bond acceptors (Lipinski definition) is 7. The average molecular weight is 403 g/mol. The molecule has 10 heteroatoms. The van der Waals surface area contributed by atoms with Gasteiger partial charge in [-0.3, -0.25) is 9.59 Å². The molecule has 3 aromatic rings. The smallest absolute Gasteiger partial charge is 0.250 e. The highest BCUT2D eigenvalue weighted by molar-refractivity contribution is 8.01. The number of carbonyl (C=O) groups excluding carboxylic acids is 2. The molecule has 0 saturated carbocycles. The summed E-state index contributed by atoms with van der Waals surface area (Å²) in [4.78, 5) is 23.5. The van der Waals surface area contributed by atoms with Crippen molar-refractivity contribution in [3.05, 3.63) is 59.9 Å². The SMILES string of the molecule is NC(=O)c1ccccc1NC(=O)CSc1nnc(Nc2ccccc2F)s1. The lowest BCUT2D eigenvalue weighted by Gasteiger charge is -2.07. The van der Waals surface area contributed by atoms with Crippen LogP contribution in [0.25, 0.3) is 0 Å². The first-order chi connectivity index (χ1) is 13.0. The third kappa shape index (κ3) is 5.02. The molecule has 0 aliphatic carbocycles. The molecule has 27 heavy (non-hydrogen) atoms. The molecule has 1 heterocycles. The maximum Gasteiger partial charge on any atom is 0.250 e. The molecule has 0 aliphatic rings. The summed E-state index contributed by atoms with van der Waals surface area (Å²) in [5.41, 5.74) is 6.18. The van der Waals surface area contributed by atoms with E-state index in [0.29, 0.717) is 20.8 Å². The molecule has 0 unspecified atom stereocenters. The van der Waals surface area contributed by atoms with Gasteiger partial charge < -0.3 is 16.4 Å². The van der Waals surface area contributed by atoms with Crippen molar-refractivity contribution in [2.75, 3.05) is 16.4 Å². The number of carbonyl (C=O) groups is 2. The van der Waals surface area contributed by atoms with Crippen LogP contribution < -0.4 is 16.4 Å². The molecule has 0 saturated heterocycles. The number of amides is 2. The number of nitrogens with two attached hydrogens (primary N) is 1. The lowest BCUT2D eigenvalue weighted by Crippen LogP contribution is -2.19. The summed E-state index contributed by atoms with van der Waals surface area (Å²) < 4.78 is 14.2. The molecule has 138 valence electrons. The molecule has 0 atom stereocenters. The summed E-state index contributed by atoms with van der Waals surface area (Å²) in [5.74, 6) is -1.25. The van der Waals surface area contributed by atoms with Crippen molar-refractivity contribution in [2.45, 2.75) is 4.34 Å². The van der Waals surface area contributed by atoms with Gasteiger partial charge in [0.25, 0.3) is 5.91 Å². The van der Waals surface area contributed by atoms with Crippen LogP contribution in [0.4, 0.5) is 20.9 Å². The fourth-order valence-electron chi connectivity index (χ4n) is 2.12. The van der Waals surface area contributed by atoms with E-state index in [2.05, 4.69) is 20.8 Å². The van der Waals surface area contributed by atoms with Crippen molar-refractivity contribution < 1.29 is 14.0 Å². The minimum atomic E-state index is -0.619. The number of benzene rings is 2. The molecule has 2 amide bonds. The fourth-order valence-corrected chi connectivity index (χ4v) is 3.68. The van der Waals surface area contributed by atoms with Crippen LogP contribution in [0.2, 0.25) is 0 Å². The Balaban J connectivity index is 1.56. The molecule has 0 fully saturated rings. The predicted octanol–water partition coefficient (Wildman–Crippen LogP) is 3.25. The van der Waals surface area contributed by atoms with Crippen molar-refractivity contribution in [1.82, 2.24) is 10.2 Å². The van der Waals surface area contributed by atoms with Gasteiger partial charge in [-0.1, -0.05) is 47.4 Å². The highest BCUT2D eigenvalue weighted by atomic mass is 32.2. The van der Waals surface area contributed by atoms with Gasteiger partial charge in [0.2, 0.25) is 11.0 Å². The Hall–Kier alpha value is -2.98. The molecular formula is C17H14FN5O2S2. The van der Waals surface area contributed by atoms with E-state index in [1.807, 2.05) is 0 Å². The number of para-hydroxylation sites is 2. The molecule has 0 radical (unpaired) electrons. The number of primary amides is 1. The van der Waals surface area contributed by atoms with Crippen molar-refractivity contribution in [2.24, 2.45) is 5.73 Å². The average Bonchev–Trinajstić information content (AvgIpc) is 3.10. The van der Waals surface area contributed by atoms with Crippen LogP contribution in [0.15, 0.2) is 52.9 Å². The highest BCUT2D eigenvalue weighted by Crippen LogP contribution is 2.28. The summed E-state index contributed by atoms with van der Waals surface area (Å²) in [7, 11) is 0. The lowest BCUT2D eigenvalue weighted by molar-refractivity contribution is -0.113. The first kappa shape index (κ1) is 18.8. The Labute approximate surface area is 162 Å². The maximum absolute atomic E-state index is 13.6. The van der Waals surface area contributed by atoms with E-state index in [9.17, 15) is 14.0 Å². The number of nitrogens with one attached hydrogen (secondary N) is 2. The Morgan fingerprint density at radius 2 is 1.78 bits per heavy atom. The Morgan fingerprint density at radius 1 is 1.07 bits per heavy atom. The molecule has 0 aliphatic heterocycles. The molecule has 3 rings (SSSR count). The van der Waals surface area contributed by atoms with Gasteiger partial charge in [-0.05, 0) is 24.3 Å². The van der Waals surface area contributed by atoms with Crippen molar-refractivity contribution in [1.29, 1.82) is 0 Å². The van der Waals surface area contributed by atoms with Gasteiger partial charge in [0.15, 0.2) is 4.34 Å². The normalized spacial score (nSPS) is 10.4. The van der Waals surface area contributed by atoms with Crippen LogP contribution in [0, 0.1) is 5.82 Å². The second-order valence-electron chi connectivity index (χ2n) is 5.22. The molecule has 4 N–H and O–H groups in total. The van der Waals surface area contributed by atoms with Gasteiger partial charge >= 0.3 is 0 Å². The number of halogens is 1. The van der Waals surface area contributed by atoms with Crippen LogP contribution >= 0.6 is 23.1 Å². The maximum atomic E-state index is 13.6. The zero-order valence-corrected chi connectivity index (χ0v) is 15.4. The third-order valence-corrected chi connectivity index (χ3v) is 5.29. The number of nitrogens with zero attached hydrogens (tertiary/aromatic N) is 2. The van der Waals surface area contributed by atoms with E-state index in [4.69, 9.17) is 5.73 Å². The largest absolute Gasteiger partial charge is 0.366 e. The van der Waals surface area contributed by atoms with E-state index >= 15 is 0 Å². The first-order valence-electron chi connectivity index (χ1n) is 7.69. The minimum Gasteiger partial charge on any atom is -0.366 e. The van der Waals surface area contributed by atoms with Gasteiger partial charge in [0, 0.05) is 0 Å². The lowest BCUT2D eigenvalue weighted by atomic mass is 10.1. The third-order valence-electron chi connectivity index (χ3n) is 3.32. The van der Waals surface area contributed by atoms with Gasteiger partial charge in [-0.15, -0.1) is 10.2 Å². The standard InChI is InChI=1S/C17H14FN5O2S2/c18-11-6-2-4-8-13(11)21-16-22-23-17(27-16)26-9-14(24)20-12-7-3-1-5-10(12)15(19)25/h1-8H,9H2,(H2,19,25)(H,20,24)(H,21,22). The monoisotopic (exact) mass is 403 g/mol. The van der Waals surface area contributed by atoms with Gasteiger partial charge in [0.1, 0.15) is 5.82 Å². The second-order valence-corrected chi connectivity index (χ2v) is 7.42. The van der Waals surface area contributed by atoms with E-state index in [1.54, 1.807) is 36.4 Å². The molecule has 2 aromatic carbocycles. The van der Waals surface area contributed by atoms with E-state index in [0.717, 1.165) is 0 Å². The zero-order valence-electron chi connectivity index (χ0n) is 13.8. The second kappa shape index (κ2) is 8.60. The Kier molecular flexibility index (Phi) is 5.99. The number of hydrogen-bond donors (Lipinski definition) is 3. The van der Waals surface area contributed by atoms with Gasteiger partial charge in [0.05, 0.1) is 22.7 Å². The summed E-state index contributed by atoms with van der Waals surface area (Å²) in [6, 6.07) is 12.7. The number of anilines is 3. The highest BCUT2D eigenvalue weighted by Gasteiger charge is 2.12. The Morgan fingerprint density at radius 3 is 2.52 bits per heavy atom. The number of thioether (sulfide) groups is 1. The van der Waals surface area contributed by atoms with E-state index < -0.39 is 11.7 Å². The fraction of sp³-hybridized carbons (Fsp3) is 0.0588. The molecule has 7 nitrogen and oxygen atoms in total. The minimum absolute atomic E-state index is 0.0709. The van der Waals surface area contributed by atoms with Crippen molar-refractivity contribution >= 4 is 51.4 Å². The van der Waals surface area contributed by atoms with Gasteiger partial charge in [-0.2, -0.15) is 0 Å². The van der Waals surface area contributed by atoms with Crippen LogP contribution in [0.3, 0.4) is 0 Å². The number of aromatic nitrogens is 2. The topological polar surface area (TPSA) is 110 Å². The molecule has 1 aromatic heterocycles.